The number of nitrogens with zero attached hydrogens (tertiary/aromatic N) is 1. The molecule has 18 heavy (non-hydrogen) atoms. The Labute approximate surface area is 103 Å². The Morgan fingerprint density at radius 2 is 1.89 bits per heavy atom. The van der Waals surface area contributed by atoms with Crippen molar-refractivity contribution >= 4 is 11.6 Å². The fourth-order valence-electron chi connectivity index (χ4n) is 1.55. The summed E-state index contributed by atoms with van der Waals surface area (Å²) in [5, 5.41) is 2.51. The van der Waals surface area contributed by atoms with Crippen LogP contribution >= 0.6 is 0 Å². The summed E-state index contributed by atoms with van der Waals surface area (Å²) in [5.74, 6) is -2.15. The summed E-state index contributed by atoms with van der Waals surface area (Å²) >= 11 is 0. The minimum Gasteiger partial charge on any atom is -0.354 e. The Kier molecular flexibility index (Phi) is 3.72. The molecule has 0 saturated heterocycles. The van der Waals surface area contributed by atoms with Crippen molar-refractivity contribution in [2.75, 3.05) is 5.32 Å². The van der Waals surface area contributed by atoms with E-state index in [1.807, 2.05) is 29.1 Å². The van der Waals surface area contributed by atoms with Crippen LogP contribution in [0.25, 0.3) is 0 Å². The van der Waals surface area contributed by atoms with Crippen LogP contribution < -0.4 is 5.32 Å². The van der Waals surface area contributed by atoms with Crippen molar-refractivity contribution in [3.63, 3.8) is 0 Å². The van der Waals surface area contributed by atoms with Crippen LogP contribution in [0.5, 0.6) is 0 Å². The second-order valence-corrected chi connectivity index (χ2v) is 3.85. The van der Waals surface area contributed by atoms with E-state index in [2.05, 4.69) is 5.32 Å². The van der Waals surface area contributed by atoms with Crippen molar-refractivity contribution in [2.45, 2.75) is 13.0 Å². The molecule has 0 unspecified atom stereocenters. The van der Waals surface area contributed by atoms with Gasteiger partial charge in [0, 0.05) is 37.1 Å². The summed E-state index contributed by atoms with van der Waals surface area (Å²) in [6.07, 6.45) is 3.98. The van der Waals surface area contributed by atoms with Gasteiger partial charge in [0.2, 0.25) is 5.91 Å². The summed E-state index contributed by atoms with van der Waals surface area (Å²) in [6.45, 7) is 0.544. The maximum atomic E-state index is 12.9. The Morgan fingerprint density at radius 1 is 1.17 bits per heavy atom. The van der Waals surface area contributed by atoms with Crippen LogP contribution in [0.15, 0.2) is 42.7 Å². The molecule has 0 saturated carbocycles. The lowest BCUT2D eigenvalue weighted by Gasteiger charge is -2.06. The number of rotatable bonds is 4. The first-order valence-corrected chi connectivity index (χ1v) is 5.51. The van der Waals surface area contributed by atoms with Gasteiger partial charge >= 0.3 is 0 Å². The first kappa shape index (κ1) is 12.3. The van der Waals surface area contributed by atoms with Crippen LogP contribution in [0.4, 0.5) is 14.5 Å². The number of benzene rings is 1. The van der Waals surface area contributed by atoms with E-state index in [1.54, 1.807) is 0 Å². The van der Waals surface area contributed by atoms with Gasteiger partial charge in [0.1, 0.15) is 0 Å². The molecule has 0 bridgehead atoms. The Hall–Kier alpha value is -2.17. The molecule has 94 valence electrons. The lowest BCUT2D eigenvalue weighted by Crippen LogP contribution is -2.14. The monoisotopic (exact) mass is 250 g/mol. The number of hydrogen-bond donors (Lipinski definition) is 1. The third-order valence-electron chi connectivity index (χ3n) is 2.47. The number of amides is 1. The van der Waals surface area contributed by atoms with Crippen LogP contribution in [-0.4, -0.2) is 10.5 Å². The highest BCUT2D eigenvalue weighted by Gasteiger charge is 2.06. The Balaban J connectivity index is 1.88. The second kappa shape index (κ2) is 5.44. The minimum atomic E-state index is -0.974. The van der Waals surface area contributed by atoms with Gasteiger partial charge < -0.3 is 9.88 Å². The molecule has 0 aliphatic rings. The highest BCUT2D eigenvalue weighted by atomic mass is 19.2. The molecule has 1 aromatic heterocycles. The predicted octanol–water partition coefficient (Wildman–Crippen LogP) is 2.80. The largest absolute Gasteiger partial charge is 0.354 e. The van der Waals surface area contributed by atoms with Gasteiger partial charge in [-0.05, 0) is 24.3 Å². The van der Waals surface area contributed by atoms with Gasteiger partial charge in [-0.15, -0.1) is 0 Å². The summed E-state index contributed by atoms with van der Waals surface area (Å²) in [6, 6.07) is 7.01. The van der Waals surface area contributed by atoms with E-state index in [0.29, 0.717) is 6.54 Å². The average molecular weight is 250 g/mol. The van der Waals surface area contributed by atoms with Gasteiger partial charge in [-0.2, -0.15) is 0 Å². The van der Waals surface area contributed by atoms with Crippen LogP contribution in [0.3, 0.4) is 0 Å². The molecule has 1 heterocycles. The van der Waals surface area contributed by atoms with E-state index in [-0.39, 0.29) is 18.0 Å². The quantitative estimate of drug-likeness (QED) is 0.889. The number of nitrogens with one attached hydrogen (secondary N) is 1. The van der Waals surface area contributed by atoms with E-state index in [0.717, 1.165) is 12.1 Å². The third kappa shape index (κ3) is 3.16. The van der Waals surface area contributed by atoms with Crippen molar-refractivity contribution in [1.29, 1.82) is 0 Å². The maximum absolute atomic E-state index is 12.9. The molecule has 2 aromatic rings. The van der Waals surface area contributed by atoms with Crippen LogP contribution in [-0.2, 0) is 11.3 Å². The third-order valence-corrected chi connectivity index (χ3v) is 2.47. The zero-order chi connectivity index (χ0) is 13.0. The first-order chi connectivity index (χ1) is 8.65. The molecule has 1 aromatic carbocycles. The fraction of sp³-hybridized carbons (Fsp3) is 0.154. The number of carbonyl (C=O) groups is 1. The van der Waals surface area contributed by atoms with E-state index in [9.17, 15) is 13.6 Å². The molecule has 0 radical (unpaired) electrons. The highest BCUT2D eigenvalue weighted by molar-refractivity contribution is 5.90. The molecule has 0 atom stereocenters. The molecule has 0 fully saturated rings. The van der Waals surface area contributed by atoms with Gasteiger partial charge in [0.05, 0.1) is 0 Å². The molecule has 0 aliphatic heterocycles. The van der Waals surface area contributed by atoms with Crippen LogP contribution in [0.1, 0.15) is 6.42 Å². The molecule has 1 N–H and O–H groups in total. The molecular weight excluding hydrogens is 238 g/mol. The summed E-state index contributed by atoms with van der Waals surface area (Å²) in [4.78, 5) is 11.6. The lowest BCUT2D eigenvalue weighted by molar-refractivity contribution is -0.116. The fourth-order valence-corrected chi connectivity index (χ4v) is 1.55. The van der Waals surface area contributed by atoms with Crippen molar-refractivity contribution in [3.05, 3.63) is 54.4 Å². The van der Waals surface area contributed by atoms with Gasteiger partial charge in [-0.3, -0.25) is 4.79 Å². The van der Waals surface area contributed by atoms with Gasteiger partial charge in [0.15, 0.2) is 11.6 Å². The zero-order valence-electron chi connectivity index (χ0n) is 9.57. The lowest BCUT2D eigenvalue weighted by atomic mass is 10.3. The van der Waals surface area contributed by atoms with Crippen LogP contribution in [0, 0.1) is 11.6 Å². The molecule has 5 heteroatoms. The second-order valence-electron chi connectivity index (χ2n) is 3.85. The minimum absolute atomic E-state index is 0.241. The topological polar surface area (TPSA) is 34.0 Å². The predicted molar refractivity (Wildman–Crippen MR) is 64.0 cm³/mol. The molecule has 3 nitrogen and oxygen atoms in total. The number of anilines is 1. The van der Waals surface area contributed by atoms with Gasteiger partial charge in [0.25, 0.3) is 0 Å². The van der Waals surface area contributed by atoms with E-state index < -0.39 is 11.6 Å². The van der Waals surface area contributed by atoms with Crippen molar-refractivity contribution in [2.24, 2.45) is 0 Å². The van der Waals surface area contributed by atoms with Crippen molar-refractivity contribution in [3.8, 4) is 0 Å². The summed E-state index contributed by atoms with van der Waals surface area (Å²) < 4.78 is 27.5. The van der Waals surface area contributed by atoms with Crippen molar-refractivity contribution < 1.29 is 13.6 Å². The smallest absolute Gasteiger partial charge is 0.226 e. The Morgan fingerprint density at radius 3 is 2.56 bits per heavy atom. The number of halogens is 2. The number of aromatic nitrogens is 1. The van der Waals surface area contributed by atoms with Crippen LogP contribution in [0.2, 0.25) is 0 Å². The standard InChI is InChI=1S/C13H12F2N2O/c14-11-4-3-10(9-12(11)15)16-13(18)5-8-17-6-1-2-7-17/h1-4,6-7,9H,5,8H2,(H,16,18). The number of carbonyl (C=O) groups excluding carboxylic acids is 1. The normalized spacial score (nSPS) is 10.3. The molecular formula is C13H12F2N2O. The molecule has 0 spiro atoms. The van der Waals surface area contributed by atoms with E-state index >= 15 is 0 Å². The van der Waals surface area contributed by atoms with E-state index in [1.165, 1.54) is 6.07 Å². The maximum Gasteiger partial charge on any atom is 0.226 e. The van der Waals surface area contributed by atoms with Crippen molar-refractivity contribution in [1.82, 2.24) is 4.57 Å². The average Bonchev–Trinajstić information content (AvgIpc) is 2.84. The highest BCUT2D eigenvalue weighted by Crippen LogP contribution is 2.13. The number of hydrogen-bond acceptors (Lipinski definition) is 1. The molecule has 0 aliphatic carbocycles. The van der Waals surface area contributed by atoms with Gasteiger partial charge in [-0.25, -0.2) is 8.78 Å². The number of aryl methyl sites for hydroxylation is 1. The summed E-state index contributed by atoms with van der Waals surface area (Å²) in [5.41, 5.74) is 0.256. The first-order valence-electron chi connectivity index (χ1n) is 5.51. The zero-order valence-corrected chi connectivity index (χ0v) is 9.57. The van der Waals surface area contributed by atoms with Gasteiger partial charge in [-0.1, -0.05) is 0 Å². The van der Waals surface area contributed by atoms with E-state index in [4.69, 9.17) is 0 Å². The SMILES string of the molecule is O=C(CCn1cccc1)Nc1ccc(F)c(F)c1. The molecule has 2 rings (SSSR count). The Bertz CT molecular complexity index is 538. The molecule has 1 amide bonds. The summed E-state index contributed by atoms with van der Waals surface area (Å²) in [7, 11) is 0.